The highest BCUT2D eigenvalue weighted by molar-refractivity contribution is 9.17. The van der Waals surface area contributed by atoms with Crippen molar-refractivity contribution in [3.63, 3.8) is 0 Å². The molecular weight excluding hydrogens is 507 g/mol. The fourth-order valence-electron chi connectivity index (χ4n) is 1.79. The van der Waals surface area contributed by atoms with Gasteiger partial charge in [-0.05, 0) is 42.0 Å². The lowest BCUT2D eigenvalue weighted by atomic mass is 8.89. The van der Waals surface area contributed by atoms with Crippen LogP contribution in [0.1, 0.15) is 41.5 Å². The first-order valence-electron chi connectivity index (χ1n) is 9.22. The fourth-order valence-corrected chi connectivity index (χ4v) is 13.1. The summed E-state index contributed by atoms with van der Waals surface area (Å²) in [5.74, 6) is 2.67. The summed E-state index contributed by atoms with van der Waals surface area (Å²) in [6.45, 7) is 13.7. The zero-order chi connectivity index (χ0) is 21.4. The second-order valence-electron chi connectivity index (χ2n) is 6.82. The summed E-state index contributed by atoms with van der Waals surface area (Å²) in [6.07, 6.45) is 4.29. The average molecular weight is 534 g/mol. The summed E-state index contributed by atoms with van der Waals surface area (Å²) < 4.78 is 0. The zero-order valence-corrected chi connectivity index (χ0v) is 25.4. The molecule has 28 heavy (non-hydrogen) atoms. The Morgan fingerprint density at radius 1 is 0.714 bits per heavy atom. The van der Waals surface area contributed by atoms with Crippen LogP contribution in [-0.2, 0) is 0 Å². The summed E-state index contributed by atoms with van der Waals surface area (Å²) in [4.78, 5) is 0. The van der Waals surface area contributed by atoms with Crippen LogP contribution in [0.15, 0.2) is 0 Å². The molecule has 0 aliphatic rings. The largest absolute Gasteiger partial charge is 0.176 e. The maximum Gasteiger partial charge on any atom is 0.176 e. The Kier molecular flexibility index (Phi) is 24.0. The Morgan fingerprint density at radius 3 is 1.86 bits per heavy atom. The van der Waals surface area contributed by atoms with Gasteiger partial charge < -0.3 is 0 Å². The quantitative estimate of drug-likeness (QED) is 0.129. The van der Waals surface area contributed by atoms with E-state index < -0.39 is 0 Å². The predicted octanol–water partition coefficient (Wildman–Crippen LogP) is 6.79. The van der Waals surface area contributed by atoms with Gasteiger partial charge in [0.2, 0.25) is 0 Å². The van der Waals surface area contributed by atoms with Gasteiger partial charge in [0.25, 0.3) is 0 Å². The van der Waals surface area contributed by atoms with Crippen LogP contribution < -0.4 is 0 Å². The Labute approximate surface area is 215 Å². The molecule has 0 fully saturated rings. The van der Waals surface area contributed by atoms with Crippen molar-refractivity contribution in [1.29, 1.82) is 0 Å². The molecule has 0 aromatic heterocycles. The smallest absolute Gasteiger partial charge is 0.156 e. The van der Waals surface area contributed by atoms with Gasteiger partial charge in [0.1, 0.15) is 11.5 Å². The van der Waals surface area contributed by atoms with Crippen LogP contribution in [0.5, 0.6) is 0 Å². The molecule has 0 unspecified atom stereocenters. The van der Waals surface area contributed by atoms with Gasteiger partial charge in [-0.15, -0.1) is 10.6 Å². The van der Waals surface area contributed by atoms with Gasteiger partial charge in [-0.25, -0.2) is 0 Å². The van der Waals surface area contributed by atoms with Crippen molar-refractivity contribution in [2.24, 2.45) is 0 Å². The number of rotatable bonds is 19. The van der Waals surface area contributed by atoms with E-state index in [1.54, 1.807) is 0 Å². The van der Waals surface area contributed by atoms with E-state index in [0.717, 1.165) is 0 Å². The molecule has 0 rings (SSSR count). The normalized spacial score (nSPS) is 11.0. The van der Waals surface area contributed by atoms with Crippen molar-refractivity contribution in [3.05, 3.63) is 0 Å². The van der Waals surface area contributed by atoms with Crippen LogP contribution in [0, 0.1) is 0 Å². The highest BCUT2D eigenvalue weighted by Gasteiger charge is 2.27. The highest BCUT2D eigenvalue weighted by Crippen LogP contribution is 2.40. The van der Waals surface area contributed by atoms with Gasteiger partial charge in [0, 0.05) is 26.4 Å². The van der Waals surface area contributed by atoms with E-state index in [1.165, 1.54) is 0 Å². The fraction of sp³-hybridized carbons (Fsp3) is 1.00. The molecule has 0 aromatic carbocycles. The molecule has 149 valence electrons. The Morgan fingerprint density at radius 2 is 1.32 bits per heavy atom. The van der Waals surface area contributed by atoms with Crippen LogP contribution >= 0.6 is 93.8 Å². The van der Waals surface area contributed by atoms with Crippen LogP contribution in [0.3, 0.4) is 0 Å². The molecule has 0 aromatic rings. The van der Waals surface area contributed by atoms with Gasteiger partial charge in [-0.3, -0.25) is 0 Å². The third-order valence-corrected chi connectivity index (χ3v) is 16.2. The minimum Gasteiger partial charge on any atom is -0.156 e. The predicted molar refractivity (Wildman–Crippen MR) is 172 cm³/mol. The first kappa shape index (κ1) is 31.7. The maximum absolute atomic E-state index is 2.50. The molecule has 0 nitrogen and oxygen atoms in total. The van der Waals surface area contributed by atoms with Crippen molar-refractivity contribution < 1.29 is 0 Å². The monoisotopic (exact) mass is 535 g/mol. The molecule has 0 aliphatic carbocycles. The molecule has 0 spiro atoms. The molecule has 0 heterocycles. The van der Waals surface area contributed by atoms with Crippen molar-refractivity contribution in [2.75, 3.05) is 12.5 Å². The molecule has 0 amide bonds. The van der Waals surface area contributed by atoms with E-state index in [1.807, 2.05) is 93.8 Å². The highest BCUT2D eigenvalue weighted by atomic mass is 33.5. The van der Waals surface area contributed by atoms with Gasteiger partial charge >= 0.3 is 0 Å². The zero-order valence-electron chi connectivity index (χ0n) is 18.0. The summed E-state index contributed by atoms with van der Waals surface area (Å²) in [5.41, 5.74) is 0. The van der Waals surface area contributed by atoms with Crippen LogP contribution in [0.2, 0.25) is 11.6 Å². The average Bonchev–Trinajstić information content (AvgIpc) is 2.60. The van der Waals surface area contributed by atoms with Gasteiger partial charge in [0.15, 0.2) is 5.88 Å². The summed E-state index contributed by atoms with van der Waals surface area (Å²) in [6, 6.07) is 0. The number of hydrogen-bond acceptors (Lipinski definition) is 9. The molecule has 0 aliphatic heterocycles. The van der Waals surface area contributed by atoms with Crippen LogP contribution in [0.25, 0.3) is 0 Å². The topological polar surface area (TPSA) is 0 Å². The molecule has 0 saturated carbocycles. The van der Waals surface area contributed by atoms with E-state index in [0.29, 0.717) is 34.3 Å². The molecule has 0 bridgehead atoms. The summed E-state index contributed by atoms with van der Waals surface area (Å²) >= 11 is 0. The standard InChI is InChI=1S/C11H27B8S9/c1-9(2)12-18(24-28-22-11(5)6)16-19(25-27-21-8)15-13-14-17(10(3)4)23-26-20-7/h9-11H,1-8H3. The molecular formula is C11H27B8S9. The Hall–Kier alpha value is 3.67. The first-order valence-corrected chi connectivity index (χ1v) is 20.7. The lowest BCUT2D eigenvalue weighted by molar-refractivity contribution is 1.07. The van der Waals surface area contributed by atoms with Gasteiger partial charge in [0.05, 0.1) is 14.2 Å². The van der Waals surface area contributed by atoms with E-state index >= 15 is 0 Å². The van der Waals surface area contributed by atoms with Crippen molar-refractivity contribution >= 4 is 147 Å². The molecule has 5 radical (unpaired) electrons. The molecule has 0 N–H and O–H groups in total. The van der Waals surface area contributed by atoms with E-state index in [4.69, 9.17) is 0 Å². The second kappa shape index (κ2) is 21.2. The van der Waals surface area contributed by atoms with Gasteiger partial charge in [-0.1, -0.05) is 85.6 Å². The number of hydrogen-bond donors (Lipinski definition) is 0. The van der Waals surface area contributed by atoms with Crippen LogP contribution in [0.4, 0.5) is 0 Å². The summed E-state index contributed by atoms with van der Waals surface area (Å²) in [7, 11) is 29.2. The third kappa shape index (κ3) is 19.2. The molecule has 0 saturated heterocycles. The minimum absolute atomic E-state index is 0.414. The lowest BCUT2D eigenvalue weighted by Gasteiger charge is -2.19. The SMILES string of the molecule is CSSSB([B][B][B]B(SSSC)C(C)C)[B]B([B]C(C)C)SSSC(C)C. The van der Waals surface area contributed by atoms with E-state index in [-0.39, 0.29) is 0 Å². The minimum atomic E-state index is 0.414. The Bertz CT molecular complexity index is 358. The third-order valence-electron chi connectivity index (χ3n) is 3.03. The Balaban J connectivity index is 4.62. The van der Waals surface area contributed by atoms with E-state index in [2.05, 4.69) is 89.5 Å². The van der Waals surface area contributed by atoms with Crippen LogP contribution in [-0.4, -0.2) is 70.6 Å². The first-order chi connectivity index (χ1) is 13.3. The maximum atomic E-state index is 2.50. The van der Waals surface area contributed by atoms with Gasteiger partial charge in [-0.2, -0.15) is 21.3 Å². The molecule has 0 atom stereocenters. The second-order valence-corrected chi connectivity index (χ2v) is 20.4. The summed E-state index contributed by atoms with van der Waals surface area (Å²) in [5, 5.41) is 0.661. The molecule has 17 heteroatoms. The van der Waals surface area contributed by atoms with Crippen molar-refractivity contribution in [3.8, 4) is 0 Å². The van der Waals surface area contributed by atoms with Crippen molar-refractivity contribution in [1.82, 2.24) is 0 Å². The lowest BCUT2D eigenvalue weighted by Crippen LogP contribution is -2.44. The van der Waals surface area contributed by atoms with E-state index in [9.17, 15) is 0 Å². The van der Waals surface area contributed by atoms with Crippen molar-refractivity contribution in [2.45, 2.75) is 58.4 Å².